The highest BCUT2D eigenvalue weighted by Crippen LogP contribution is 2.26. The van der Waals surface area contributed by atoms with Gasteiger partial charge < -0.3 is 9.64 Å². The fourth-order valence-electron chi connectivity index (χ4n) is 2.25. The van der Waals surface area contributed by atoms with Crippen LogP contribution in [-0.2, 0) is 4.79 Å². The van der Waals surface area contributed by atoms with Crippen LogP contribution in [0.2, 0.25) is 0 Å². The molecular formula is C17H18N2O4. The third kappa shape index (κ3) is 4.06. The van der Waals surface area contributed by atoms with Crippen molar-refractivity contribution in [1.29, 1.82) is 0 Å². The molecule has 0 spiro atoms. The number of nitro groups is 1. The summed E-state index contributed by atoms with van der Waals surface area (Å²) in [6.45, 7) is 4.05. The Hall–Kier alpha value is -2.89. The van der Waals surface area contributed by atoms with Crippen LogP contribution >= 0.6 is 0 Å². The summed E-state index contributed by atoms with van der Waals surface area (Å²) in [6, 6.07) is 13.6. The molecule has 0 saturated heterocycles. The van der Waals surface area contributed by atoms with E-state index < -0.39 is 4.92 Å². The number of hydrogen-bond acceptors (Lipinski definition) is 4. The van der Waals surface area contributed by atoms with Crippen molar-refractivity contribution >= 4 is 17.3 Å². The summed E-state index contributed by atoms with van der Waals surface area (Å²) in [5.41, 5.74) is 1.68. The molecule has 1 amide bonds. The van der Waals surface area contributed by atoms with Crippen molar-refractivity contribution in [2.45, 2.75) is 13.8 Å². The molecule has 0 N–H and O–H groups in total. The zero-order valence-corrected chi connectivity index (χ0v) is 13.1. The lowest BCUT2D eigenvalue weighted by Crippen LogP contribution is -2.34. The predicted octanol–water partition coefficient (Wildman–Crippen LogP) is 3.34. The lowest BCUT2D eigenvalue weighted by atomic mass is 10.2. The van der Waals surface area contributed by atoms with Crippen molar-refractivity contribution in [3.63, 3.8) is 0 Å². The summed E-state index contributed by atoms with van der Waals surface area (Å²) in [4.78, 5) is 24.4. The molecule has 6 nitrogen and oxygen atoms in total. The number of likely N-dealkylation sites (N-methyl/N-ethyl adjacent to an activating group) is 1. The zero-order valence-electron chi connectivity index (χ0n) is 13.1. The predicted molar refractivity (Wildman–Crippen MR) is 87.8 cm³/mol. The lowest BCUT2D eigenvalue weighted by Gasteiger charge is -2.21. The number of carbonyl (C=O) groups is 1. The second-order valence-corrected chi connectivity index (χ2v) is 4.99. The van der Waals surface area contributed by atoms with Crippen LogP contribution in [0.1, 0.15) is 12.5 Å². The maximum atomic E-state index is 12.4. The number of nitro benzene ring substituents is 1. The van der Waals surface area contributed by atoms with Gasteiger partial charge in [-0.3, -0.25) is 14.9 Å². The van der Waals surface area contributed by atoms with Crippen molar-refractivity contribution in [3.8, 4) is 5.75 Å². The van der Waals surface area contributed by atoms with Gasteiger partial charge in [-0.05, 0) is 37.6 Å². The Kier molecular flexibility index (Phi) is 5.30. The van der Waals surface area contributed by atoms with Gasteiger partial charge in [0.25, 0.3) is 5.91 Å². The number of benzene rings is 2. The van der Waals surface area contributed by atoms with E-state index >= 15 is 0 Å². The normalized spacial score (nSPS) is 10.2. The molecular weight excluding hydrogens is 296 g/mol. The molecule has 23 heavy (non-hydrogen) atoms. The Morgan fingerprint density at radius 2 is 1.96 bits per heavy atom. The highest BCUT2D eigenvalue weighted by molar-refractivity contribution is 5.94. The van der Waals surface area contributed by atoms with Gasteiger partial charge in [-0.2, -0.15) is 0 Å². The molecule has 120 valence electrons. The minimum Gasteiger partial charge on any atom is -0.477 e. The van der Waals surface area contributed by atoms with E-state index in [1.807, 2.05) is 38.1 Å². The number of carbonyl (C=O) groups excluding carboxylic acids is 1. The third-order valence-electron chi connectivity index (χ3n) is 3.34. The standard InChI is InChI=1S/C17H18N2O4/c1-3-18(14-8-6-7-13(2)11-14)17(20)12-23-16-10-5-4-9-15(16)19(21)22/h4-11H,3,12H2,1-2H3. The Morgan fingerprint density at radius 1 is 1.22 bits per heavy atom. The van der Waals surface area contributed by atoms with E-state index in [1.54, 1.807) is 17.0 Å². The molecule has 2 rings (SSSR count). The van der Waals surface area contributed by atoms with Crippen molar-refractivity contribution in [2.75, 3.05) is 18.1 Å². The van der Waals surface area contributed by atoms with E-state index in [2.05, 4.69) is 0 Å². The monoisotopic (exact) mass is 314 g/mol. The molecule has 0 aliphatic carbocycles. The van der Waals surface area contributed by atoms with Gasteiger partial charge >= 0.3 is 5.69 Å². The number of anilines is 1. The van der Waals surface area contributed by atoms with Gasteiger partial charge in [-0.1, -0.05) is 24.3 Å². The summed E-state index contributed by atoms with van der Waals surface area (Å²) in [5, 5.41) is 10.9. The summed E-state index contributed by atoms with van der Waals surface area (Å²) >= 11 is 0. The second-order valence-electron chi connectivity index (χ2n) is 4.99. The first-order valence-corrected chi connectivity index (χ1v) is 7.26. The summed E-state index contributed by atoms with van der Waals surface area (Å²) in [7, 11) is 0. The largest absolute Gasteiger partial charge is 0.477 e. The first kappa shape index (κ1) is 16.5. The Bertz CT molecular complexity index is 715. The van der Waals surface area contributed by atoms with Crippen LogP contribution in [0, 0.1) is 17.0 Å². The molecule has 0 heterocycles. The first-order valence-electron chi connectivity index (χ1n) is 7.26. The van der Waals surface area contributed by atoms with E-state index in [9.17, 15) is 14.9 Å². The Labute approximate surface area is 134 Å². The van der Waals surface area contributed by atoms with E-state index in [1.165, 1.54) is 12.1 Å². The highest BCUT2D eigenvalue weighted by atomic mass is 16.6. The number of ether oxygens (including phenoxy) is 1. The van der Waals surface area contributed by atoms with Crippen molar-refractivity contribution in [3.05, 3.63) is 64.2 Å². The summed E-state index contributed by atoms with van der Waals surface area (Å²) < 4.78 is 5.36. The van der Waals surface area contributed by atoms with Gasteiger partial charge in [0.1, 0.15) is 0 Å². The molecule has 0 bridgehead atoms. The van der Waals surface area contributed by atoms with Crippen LogP contribution < -0.4 is 9.64 Å². The van der Waals surface area contributed by atoms with Crippen LogP contribution in [0.25, 0.3) is 0 Å². The minimum absolute atomic E-state index is 0.0890. The van der Waals surface area contributed by atoms with Crippen LogP contribution in [-0.4, -0.2) is 24.0 Å². The number of para-hydroxylation sites is 2. The molecule has 0 aliphatic heterocycles. The molecule has 2 aromatic carbocycles. The zero-order chi connectivity index (χ0) is 16.8. The minimum atomic E-state index is -0.530. The van der Waals surface area contributed by atoms with Gasteiger partial charge in [0.2, 0.25) is 0 Å². The molecule has 6 heteroatoms. The number of rotatable bonds is 6. The first-order chi connectivity index (χ1) is 11.0. The van der Waals surface area contributed by atoms with Gasteiger partial charge in [0.05, 0.1) is 4.92 Å². The molecule has 0 unspecified atom stereocenters. The maximum Gasteiger partial charge on any atom is 0.310 e. The second kappa shape index (κ2) is 7.40. The quantitative estimate of drug-likeness (QED) is 0.605. The van der Waals surface area contributed by atoms with E-state index in [-0.39, 0.29) is 24.0 Å². The Balaban J connectivity index is 2.11. The van der Waals surface area contributed by atoms with Gasteiger partial charge in [-0.25, -0.2) is 0 Å². The van der Waals surface area contributed by atoms with Crippen LogP contribution in [0.3, 0.4) is 0 Å². The average molecular weight is 314 g/mol. The number of amides is 1. The molecule has 0 atom stereocenters. The fraction of sp³-hybridized carbons (Fsp3) is 0.235. The Morgan fingerprint density at radius 3 is 2.61 bits per heavy atom. The number of nitrogens with zero attached hydrogens (tertiary/aromatic N) is 2. The van der Waals surface area contributed by atoms with Crippen LogP contribution in [0.5, 0.6) is 5.75 Å². The van der Waals surface area contributed by atoms with Crippen LogP contribution in [0.4, 0.5) is 11.4 Å². The van der Waals surface area contributed by atoms with Gasteiger partial charge in [0.15, 0.2) is 12.4 Å². The highest BCUT2D eigenvalue weighted by Gasteiger charge is 2.18. The molecule has 2 aromatic rings. The van der Waals surface area contributed by atoms with Crippen molar-refractivity contribution in [1.82, 2.24) is 0 Å². The molecule has 0 radical (unpaired) electrons. The third-order valence-corrected chi connectivity index (χ3v) is 3.34. The fourth-order valence-corrected chi connectivity index (χ4v) is 2.25. The van der Waals surface area contributed by atoms with E-state index in [0.717, 1.165) is 11.3 Å². The summed E-state index contributed by atoms with van der Waals surface area (Å²) in [6.07, 6.45) is 0. The van der Waals surface area contributed by atoms with Gasteiger partial charge in [0, 0.05) is 18.3 Å². The SMILES string of the molecule is CCN(C(=O)COc1ccccc1[N+](=O)[O-])c1cccc(C)c1. The van der Waals surface area contributed by atoms with Crippen LogP contribution in [0.15, 0.2) is 48.5 Å². The van der Waals surface area contributed by atoms with E-state index in [4.69, 9.17) is 4.74 Å². The smallest absolute Gasteiger partial charge is 0.310 e. The number of hydrogen-bond donors (Lipinski definition) is 0. The molecule has 0 aromatic heterocycles. The molecule has 0 saturated carbocycles. The number of aryl methyl sites for hydroxylation is 1. The maximum absolute atomic E-state index is 12.4. The topological polar surface area (TPSA) is 72.7 Å². The molecule has 0 aliphatic rings. The van der Waals surface area contributed by atoms with Gasteiger partial charge in [-0.15, -0.1) is 0 Å². The van der Waals surface area contributed by atoms with E-state index in [0.29, 0.717) is 6.54 Å². The van der Waals surface area contributed by atoms with Crippen molar-refractivity contribution < 1.29 is 14.5 Å². The lowest BCUT2D eigenvalue weighted by molar-refractivity contribution is -0.385. The average Bonchev–Trinajstić information content (AvgIpc) is 2.54. The summed E-state index contributed by atoms with van der Waals surface area (Å²) in [5.74, 6) is -0.164. The van der Waals surface area contributed by atoms with Crippen molar-refractivity contribution in [2.24, 2.45) is 0 Å². The molecule has 0 fully saturated rings.